The Balaban J connectivity index is 1.36. The van der Waals surface area contributed by atoms with Gasteiger partial charge >= 0.3 is 0 Å². The van der Waals surface area contributed by atoms with E-state index >= 15 is 0 Å². The van der Waals surface area contributed by atoms with Crippen LogP contribution in [0.4, 0.5) is 0 Å². The van der Waals surface area contributed by atoms with Crippen molar-refractivity contribution in [2.45, 2.75) is 25.0 Å². The molecule has 1 aromatic heterocycles. The van der Waals surface area contributed by atoms with Gasteiger partial charge in [0, 0.05) is 43.8 Å². The minimum Gasteiger partial charge on any atom is -0.481 e. The number of para-hydroxylation sites is 1. The van der Waals surface area contributed by atoms with Gasteiger partial charge in [-0.25, -0.2) is 0 Å². The molecule has 1 N–H and O–H groups in total. The Bertz CT molecular complexity index is 804. The van der Waals surface area contributed by atoms with Crippen molar-refractivity contribution >= 4 is 16.8 Å². The lowest BCUT2D eigenvalue weighted by molar-refractivity contribution is -0.133. The molecule has 7 heteroatoms. The zero-order chi connectivity index (χ0) is 19.3. The third-order valence-corrected chi connectivity index (χ3v) is 5.65. The van der Waals surface area contributed by atoms with E-state index in [4.69, 9.17) is 9.47 Å². The van der Waals surface area contributed by atoms with Crippen molar-refractivity contribution in [1.29, 1.82) is 0 Å². The number of aliphatic hydroxyl groups is 1. The number of fused-ring (bicyclic) bond motifs is 1. The summed E-state index contributed by atoms with van der Waals surface area (Å²) in [7, 11) is 0. The molecule has 2 atom stereocenters. The average Bonchev–Trinajstić information content (AvgIpc) is 2.94. The standard InChI is InChI=1S/C21H27N3O4/c25-18-7-10-24(9-6-17(18)23-11-13-27-14-12-23)20(26)15-28-19-5-1-3-16-4-2-8-22-21(16)19/h1-5,8,17-18,25H,6-7,9-15H2/t17-,18-/m0/s1. The minimum absolute atomic E-state index is 0.0198. The third-order valence-electron chi connectivity index (χ3n) is 5.65. The van der Waals surface area contributed by atoms with Crippen LogP contribution in [0.2, 0.25) is 0 Å². The Labute approximate surface area is 164 Å². The van der Waals surface area contributed by atoms with E-state index in [-0.39, 0.29) is 18.6 Å². The van der Waals surface area contributed by atoms with Crippen LogP contribution in [0.3, 0.4) is 0 Å². The molecule has 28 heavy (non-hydrogen) atoms. The van der Waals surface area contributed by atoms with E-state index in [1.54, 1.807) is 6.20 Å². The highest BCUT2D eigenvalue weighted by atomic mass is 16.5. The number of hydrogen-bond donors (Lipinski definition) is 1. The molecule has 2 aromatic rings. The number of carbonyl (C=O) groups excluding carboxylic acids is 1. The first-order valence-corrected chi connectivity index (χ1v) is 9.96. The molecule has 2 aliphatic rings. The first-order valence-electron chi connectivity index (χ1n) is 9.96. The molecule has 0 saturated carbocycles. The molecule has 1 aromatic carbocycles. The number of hydrogen-bond acceptors (Lipinski definition) is 6. The van der Waals surface area contributed by atoms with Gasteiger partial charge in [-0.2, -0.15) is 0 Å². The van der Waals surface area contributed by atoms with Crippen molar-refractivity contribution in [3.8, 4) is 5.75 Å². The van der Waals surface area contributed by atoms with Crippen LogP contribution in [0.1, 0.15) is 12.8 Å². The summed E-state index contributed by atoms with van der Waals surface area (Å²) in [5.41, 5.74) is 0.761. The normalized spacial score (nSPS) is 24.1. The number of likely N-dealkylation sites (tertiary alicyclic amines) is 1. The monoisotopic (exact) mass is 385 g/mol. The Morgan fingerprint density at radius 1 is 1.14 bits per heavy atom. The number of carbonyl (C=O) groups is 1. The lowest BCUT2D eigenvalue weighted by atomic mass is 10.0. The zero-order valence-corrected chi connectivity index (χ0v) is 16.0. The largest absolute Gasteiger partial charge is 0.481 e. The van der Waals surface area contributed by atoms with E-state index in [0.717, 1.165) is 30.4 Å². The molecule has 4 rings (SSSR count). The number of benzene rings is 1. The smallest absolute Gasteiger partial charge is 0.260 e. The number of rotatable bonds is 4. The van der Waals surface area contributed by atoms with Crippen molar-refractivity contribution in [2.24, 2.45) is 0 Å². The van der Waals surface area contributed by atoms with Crippen LogP contribution in [0, 0.1) is 0 Å². The molecule has 2 aliphatic heterocycles. The van der Waals surface area contributed by atoms with Crippen LogP contribution in [0.5, 0.6) is 5.75 Å². The van der Waals surface area contributed by atoms with Crippen LogP contribution in [0.25, 0.3) is 10.9 Å². The van der Waals surface area contributed by atoms with Crippen molar-refractivity contribution < 1.29 is 19.4 Å². The van der Waals surface area contributed by atoms with E-state index in [9.17, 15) is 9.90 Å². The molecule has 7 nitrogen and oxygen atoms in total. The second kappa shape index (κ2) is 8.86. The molecule has 0 unspecified atom stereocenters. The van der Waals surface area contributed by atoms with Crippen LogP contribution < -0.4 is 4.74 Å². The van der Waals surface area contributed by atoms with E-state index in [2.05, 4.69) is 9.88 Å². The van der Waals surface area contributed by atoms with Gasteiger partial charge in [0.2, 0.25) is 0 Å². The number of morpholine rings is 1. The first-order chi connectivity index (χ1) is 13.7. The van der Waals surface area contributed by atoms with Gasteiger partial charge in [0.25, 0.3) is 5.91 Å². The number of pyridine rings is 1. The highest BCUT2D eigenvalue weighted by Crippen LogP contribution is 2.23. The second-order valence-corrected chi connectivity index (χ2v) is 7.36. The molecule has 2 fully saturated rings. The molecule has 2 saturated heterocycles. The number of amides is 1. The molecular weight excluding hydrogens is 358 g/mol. The zero-order valence-electron chi connectivity index (χ0n) is 16.0. The predicted molar refractivity (Wildman–Crippen MR) is 105 cm³/mol. The maximum atomic E-state index is 12.7. The van der Waals surface area contributed by atoms with Crippen molar-refractivity contribution in [3.05, 3.63) is 36.5 Å². The Kier molecular flexibility index (Phi) is 6.04. The molecule has 0 spiro atoms. The topological polar surface area (TPSA) is 75.1 Å². The Hall–Kier alpha value is -2.22. The van der Waals surface area contributed by atoms with Crippen LogP contribution in [-0.2, 0) is 9.53 Å². The number of ether oxygens (including phenoxy) is 2. The SMILES string of the molecule is O=C(COc1cccc2cccnc12)N1CC[C@H](O)[C@@H](N2CCOCC2)CC1. The molecular formula is C21H27N3O4. The average molecular weight is 385 g/mol. The summed E-state index contributed by atoms with van der Waals surface area (Å²) in [4.78, 5) is 21.2. The fourth-order valence-electron chi connectivity index (χ4n) is 4.08. The summed E-state index contributed by atoms with van der Waals surface area (Å²) in [5.74, 6) is 0.565. The lowest BCUT2D eigenvalue weighted by Crippen LogP contribution is -2.49. The highest BCUT2D eigenvalue weighted by molar-refractivity contribution is 5.85. The molecule has 0 bridgehead atoms. The van der Waals surface area contributed by atoms with Crippen molar-refractivity contribution in [3.63, 3.8) is 0 Å². The fraction of sp³-hybridized carbons (Fsp3) is 0.524. The van der Waals surface area contributed by atoms with Crippen molar-refractivity contribution in [1.82, 2.24) is 14.8 Å². The third kappa shape index (κ3) is 4.27. The molecule has 0 aliphatic carbocycles. The van der Waals surface area contributed by atoms with Gasteiger partial charge < -0.3 is 19.5 Å². The lowest BCUT2D eigenvalue weighted by Gasteiger charge is -2.36. The molecule has 150 valence electrons. The summed E-state index contributed by atoms with van der Waals surface area (Å²) in [6, 6.07) is 9.65. The van der Waals surface area contributed by atoms with Gasteiger partial charge in [0.05, 0.1) is 19.3 Å². The van der Waals surface area contributed by atoms with E-state index in [1.165, 1.54) is 0 Å². The maximum absolute atomic E-state index is 12.7. The van der Waals surface area contributed by atoms with Gasteiger partial charge in [0.1, 0.15) is 11.3 Å². The highest BCUT2D eigenvalue weighted by Gasteiger charge is 2.31. The molecule has 1 amide bonds. The Morgan fingerprint density at radius 3 is 2.79 bits per heavy atom. The maximum Gasteiger partial charge on any atom is 0.260 e. The van der Waals surface area contributed by atoms with Crippen molar-refractivity contribution in [2.75, 3.05) is 46.0 Å². The summed E-state index contributed by atoms with van der Waals surface area (Å²) in [6.07, 6.45) is 2.66. The number of aromatic nitrogens is 1. The van der Waals surface area contributed by atoms with Gasteiger partial charge in [0.15, 0.2) is 6.61 Å². The summed E-state index contributed by atoms with van der Waals surface area (Å²) < 4.78 is 11.2. The summed E-state index contributed by atoms with van der Waals surface area (Å²) >= 11 is 0. The molecule has 0 radical (unpaired) electrons. The van der Waals surface area contributed by atoms with Crippen LogP contribution in [0.15, 0.2) is 36.5 Å². The fourth-order valence-corrected chi connectivity index (χ4v) is 4.08. The van der Waals surface area contributed by atoms with E-state index < -0.39 is 6.10 Å². The minimum atomic E-state index is -0.418. The summed E-state index contributed by atoms with van der Waals surface area (Å²) in [6.45, 7) is 4.26. The van der Waals surface area contributed by atoms with Crippen LogP contribution in [-0.4, -0.2) is 83.9 Å². The second-order valence-electron chi connectivity index (χ2n) is 7.36. The van der Waals surface area contributed by atoms with Gasteiger partial charge in [-0.3, -0.25) is 14.7 Å². The number of nitrogens with zero attached hydrogens (tertiary/aromatic N) is 3. The predicted octanol–water partition coefficient (Wildman–Crippen LogP) is 1.30. The van der Waals surface area contributed by atoms with Crippen LogP contribution >= 0.6 is 0 Å². The van der Waals surface area contributed by atoms with Gasteiger partial charge in [-0.15, -0.1) is 0 Å². The molecule has 3 heterocycles. The summed E-state index contributed by atoms with van der Waals surface area (Å²) in [5, 5.41) is 11.6. The quantitative estimate of drug-likeness (QED) is 0.855. The Morgan fingerprint density at radius 2 is 1.93 bits per heavy atom. The van der Waals surface area contributed by atoms with Gasteiger partial charge in [-0.1, -0.05) is 18.2 Å². The van der Waals surface area contributed by atoms with E-state index in [0.29, 0.717) is 38.5 Å². The van der Waals surface area contributed by atoms with E-state index in [1.807, 2.05) is 35.2 Å². The van der Waals surface area contributed by atoms with Gasteiger partial charge in [-0.05, 0) is 25.0 Å². The first kappa shape index (κ1) is 19.1. The number of aliphatic hydroxyl groups excluding tert-OH is 1.